The highest BCUT2D eigenvalue weighted by atomic mass is 32.2. The second kappa shape index (κ2) is 7.78. The fraction of sp³-hybridized carbons (Fsp3) is 0.391. The molecule has 3 aliphatic rings. The van der Waals surface area contributed by atoms with Crippen LogP contribution >= 0.6 is 11.8 Å². The molecule has 0 bridgehead atoms. The minimum Gasteiger partial charge on any atom is -0.375 e. The maximum Gasteiger partial charge on any atom is 0.257 e. The molecule has 0 spiro atoms. The lowest BCUT2D eigenvalue weighted by atomic mass is 9.74. The van der Waals surface area contributed by atoms with Gasteiger partial charge < -0.3 is 10.1 Å². The summed E-state index contributed by atoms with van der Waals surface area (Å²) in [4.78, 5) is 17.5. The summed E-state index contributed by atoms with van der Waals surface area (Å²) in [6.07, 6.45) is 3.30. The van der Waals surface area contributed by atoms with Crippen molar-refractivity contribution < 1.29 is 18.3 Å². The molecular formula is C23H22F2N2O2S. The molecule has 1 saturated carbocycles. The van der Waals surface area contributed by atoms with Crippen LogP contribution in [0.5, 0.6) is 0 Å². The Bertz CT molecular complexity index is 996. The van der Waals surface area contributed by atoms with Crippen LogP contribution < -0.4 is 5.32 Å². The van der Waals surface area contributed by atoms with Gasteiger partial charge in [-0.3, -0.25) is 4.79 Å². The van der Waals surface area contributed by atoms with Gasteiger partial charge in [0, 0.05) is 28.9 Å². The summed E-state index contributed by atoms with van der Waals surface area (Å²) in [5.41, 5.74) is -0.109. The summed E-state index contributed by atoms with van der Waals surface area (Å²) < 4.78 is 34.6. The molecule has 2 aromatic carbocycles. The molecule has 30 heavy (non-hydrogen) atoms. The molecule has 1 saturated heterocycles. The average Bonchev–Trinajstić information content (AvgIpc) is 3.59. The Hall–Kier alpha value is -2.25. The van der Waals surface area contributed by atoms with Crippen molar-refractivity contribution in [2.24, 2.45) is 16.8 Å². The highest BCUT2D eigenvalue weighted by molar-refractivity contribution is 8.13. The molecule has 0 aromatic heterocycles. The number of hydrogen-bond donors (Lipinski definition) is 1. The molecule has 5 rings (SSSR count). The molecule has 2 fully saturated rings. The van der Waals surface area contributed by atoms with E-state index in [1.54, 1.807) is 24.3 Å². The van der Waals surface area contributed by atoms with Gasteiger partial charge in [0.1, 0.15) is 17.2 Å². The van der Waals surface area contributed by atoms with E-state index in [2.05, 4.69) is 5.32 Å². The first kappa shape index (κ1) is 19.7. The SMILES string of the molecule is O=C(NC1=N[C@@]2(c3ccc(F)cc3F)CO[C@@H](C3CC3)C[C@H]2CS1)c1ccccc1. The van der Waals surface area contributed by atoms with E-state index < -0.39 is 17.2 Å². The van der Waals surface area contributed by atoms with Gasteiger partial charge in [-0.25, -0.2) is 13.8 Å². The molecule has 7 heteroatoms. The monoisotopic (exact) mass is 428 g/mol. The maximum absolute atomic E-state index is 14.9. The topological polar surface area (TPSA) is 50.7 Å². The van der Waals surface area contributed by atoms with Crippen molar-refractivity contribution in [3.8, 4) is 0 Å². The molecule has 3 atom stereocenters. The first-order chi connectivity index (χ1) is 14.5. The van der Waals surface area contributed by atoms with Crippen molar-refractivity contribution in [1.29, 1.82) is 0 Å². The number of hydrogen-bond acceptors (Lipinski definition) is 4. The third kappa shape index (κ3) is 3.65. The van der Waals surface area contributed by atoms with Gasteiger partial charge >= 0.3 is 0 Å². The number of amidine groups is 1. The van der Waals surface area contributed by atoms with Crippen LogP contribution in [0.25, 0.3) is 0 Å². The van der Waals surface area contributed by atoms with Crippen molar-refractivity contribution >= 4 is 22.8 Å². The van der Waals surface area contributed by atoms with Crippen molar-refractivity contribution in [3.63, 3.8) is 0 Å². The Kier molecular flexibility index (Phi) is 5.11. The maximum atomic E-state index is 14.9. The minimum absolute atomic E-state index is 0.0548. The molecule has 156 valence electrons. The Morgan fingerprint density at radius 3 is 2.70 bits per heavy atom. The van der Waals surface area contributed by atoms with E-state index in [0.29, 0.717) is 28.0 Å². The summed E-state index contributed by atoms with van der Waals surface area (Å²) in [5.74, 6) is -0.186. The molecule has 2 aromatic rings. The standard InChI is InChI=1S/C23H22F2N2O2S/c24-17-8-9-18(19(25)11-17)23-13-29-20(14-6-7-14)10-16(23)12-30-22(27-23)26-21(28)15-4-2-1-3-5-15/h1-5,8-9,11,14,16,20H,6-7,10,12-13H2,(H,26,27,28)/t16-,20+,23-/m0/s1. The normalized spacial score (nSPS) is 28.4. The zero-order valence-corrected chi connectivity index (χ0v) is 17.1. The van der Waals surface area contributed by atoms with Crippen LogP contribution in [0.2, 0.25) is 0 Å². The molecule has 2 heterocycles. The number of amides is 1. The number of halogens is 2. The first-order valence-electron chi connectivity index (χ1n) is 10.2. The third-order valence-corrected chi connectivity index (χ3v) is 7.27. The number of carbonyl (C=O) groups excluding carboxylic acids is 1. The Labute approximate surface area is 178 Å². The van der Waals surface area contributed by atoms with Gasteiger partial charge in [0.25, 0.3) is 5.91 Å². The smallest absolute Gasteiger partial charge is 0.257 e. The quantitative estimate of drug-likeness (QED) is 0.783. The number of aliphatic imine (C=N–C) groups is 1. The van der Waals surface area contributed by atoms with Crippen molar-refractivity contribution in [1.82, 2.24) is 5.32 Å². The van der Waals surface area contributed by atoms with E-state index in [4.69, 9.17) is 9.73 Å². The Morgan fingerprint density at radius 1 is 1.17 bits per heavy atom. The van der Waals surface area contributed by atoms with Gasteiger partial charge in [-0.2, -0.15) is 0 Å². The number of benzene rings is 2. The first-order valence-corrected chi connectivity index (χ1v) is 11.2. The highest BCUT2D eigenvalue weighted by Gasteiger charge is 2.52. The van der Waals surface area contributed by atoms with Gasteiger partial charge in [-0.05, 0) is 43.4 Å². The number of fused-ring (bicyclic) bond motifs is 1. The summed E-state index contributed by atoms with van der Waals surface area (Å²) in [7, 11) is 0. The second-order valence-electron chi connectivity index (χ2n) is 8.22. The lowest BCUT2D eigenvalue weighted by Gasteiger charge is -2.46. The average molecular weight is 429 g/mol. The van der Waals surface area contributed by atoms with E-state index in [-0.39, 0.29) is 24.5 Å². The van der Waals surface area contributed by atoms with Crippen LogP contribution in [0.4, 0.5) is 8.78 Å². The number of thioether (sulfide) groups is 1. The van der Waals surface area contributed by atoms with Crippen molar-refractivity contribution in [2.75, 3.05) is 12.4 Å². The predicted octanol–water partition coefficient (Wildman–Crippen LogP) is 4.51. The van der Waals surface area contributed by atoms with Crippen LogP contribution in [0, 0.1) is 23.5 Å². The summed E-state index contributed by atoms with van der Waals surface area (Å²) in [5, 5.41) is 3.30. The molecule has 0 unspecified atom stereocenters. The van der Waals surface area contributed by atoms with E-state index in [9.17, 15) is 13.6 Å². The van der Waals surface area contributed by atoms with Gasteiger partial charge in [0.05, 0.1) is 12.7 Å². The number of ether oxygens (including phenoxy) is 1. The lowest BCUT2D eigenvalue weighted by Crippen LogP contribution is -2.51. The minimum atomic E-state index is -0.965. The fourth-order valence-electron chi connectivity index (χ4n) is 4.44. The van der Waals surface area contributed by atoms with E-state index >= 15 is 0 Å². The molecule has 1 N–H and O–H groups in total. The number of rotatable bonds is 3. The molecule has 1 amide bonds. The van der Waals surface area contributed by atoms with Gasteiger partial charge in [0.2, 0.25) is 0 Å². The molecule has 4 nitrogen and oxygen atoms in total. The predicted molar refractivity (Wildman–Crippen MR) is 112 cm³/mol. The summed E-state index contributed by atoms with van der Waals surface area (Å²) in [6.45, 7) is 0.229. The van der Waals surface area contributed by atoms with Crippen LogP contribution in [0.1, 0.15) is 35.2 Å². The summed E-state index contributed by atoms with van der Waals surface area (Å²) >= 11 is 1.47. The van der Waals surface area contributed by atoms with E-state index in [1.807, 2.05) is 6.07 Å². The molecule has 1 aliphatic carbocycles. The van der Waals surface area contributed by atoms with E-state index in [1.165, 1.54) is 36.7 Å². The van der Waals surface area contributed by atoms with Gasteiger partial charge in [-0.15, -0.1) is 0 Å². The number of carbonyl (C=O) groups is 1. The zero-order valence-electron chi connectivity index (χ0n) is 16.3. The van der Waals surface area contributed by atoms with Crippen LogP contribution in [0.3, 0.4) is 0 Å². The van der Waals surface area contributed by atoms with Crippen LogP contribution in [-0.4, -0.2) is 29.5 Å². The lowest BCUT2D eigenvalue weighted by molar-refractivity contribution is -0.0664. The zero-order chi connectivity index (χ0) is 20.7. The Balaban J connectivity index is 1.49. The van der Waals surface area contributed by atoms with E-state index in [0.717, 1.165) is 12.5 Å². The van der Waals surface area contributed by atoms with Gasteiger partial charge in [0.15, 0.2) is 5.17 Å². The van der Waals surface area contributed by atoms with Crippen LogP contribution in [0.15, 0.2) is 53.5 Å². The van der Waals surface area contributed by atoms with Crippen molar-refractivity contribution in [2.45, 2.75) is 30.9 Å². The highest BCUT2D eigenvalue weighted by Crippen LogP contribution is 2.50. The molecular weight excluding hydrogens is 406 g/mol. The second-order valence-corrected chi connectivity index (χ2v) is 9.22. The van der Waals surface area contributed by atoms with Crippen LogP contribution in [-0.2, 0) is 10.3 Å². The Morgan fingerprint density at radius 2 is 1.97 bits per heavy atom. The summed E-state index contributed by atoms with van der Waals surface area (Å²) in [6, 6.07) is 12.5. The van der Waals surface area contributed by atoms with Gasteiger partial charge in [-0.1, -0.05) is 36.0 Å². The number of nitrogens with one attached hydrogen (secondary N) is 1. The number of nitrogens with zero attached hydrogens (tertiary/aromatic N) is 1. The molecule has 0 radical (unpaired) electrons. The van der Waals surface area contributed by atoms with Crippen molar-refractivity contribution in [3.05, 3.63) is 71.3 Å². The molecule has 2 aliphatic heterocycles. The largest absolute Gasteiger partial charge is 0.375 e. The third-order valence-electron chi connectivity index (χ3n) is 6.23. The fourth-order valence-corrected chi connectivity index (χ4v) is 5.60.